The third kappa shape index (κ3) is 2.17. The summed E-state index contributed by atoms with van der Waals surface area (Å²) in [7, 11) is 0. The molecule has 0 aliphatic heterocycles. The third-order valence-corrected chi connectivity index (χ3v) is 1.93. The van der Waals surface area contributed by atoms with E-state index in [-0.39, 0.29) is 5.69 Å². The summed E-state index contributed by atoms with van der Waals surface area (Å²) in [6, 6.07) is 1.68. The van der Waals surface area contributed by atoms with Gasteiger partial charge < -0.3 is 0 Å². The Balaban J connectivity index is 2.61. The van der Waals surface area contributed by atoms with Gasteiger partial charge in [0.1, 0.15) is 5.82 Å². The van der Waals surface area contributed by atoms with E-state index in [0.717, 1.165) is 6.07 Å². The fourth-order valence-corrected chi connectivity index (χ4v) is 1.23. The van der Waals surface area contributed by atoms with Crippen LogP contribution in [0.25, 0.3) is 5.69 Å². The summed E-state index contributed by atoms with van der Waals surface area (Å²) in [6.07, 6.45) is -4.70. The Morgan fingerprint density at radius 2 is 1.94 bits per heavy atom. The summed E-state index contributed by atoms with van der Waals surface area (Å²) in [5, 5.41) is 8.19. The highest BCUT2D eigenvalue weighted by Crippen LogP contribution is 2.30. The molecular formula is C8H4F4N4O. The smallest absolute Gasteiger partial charge is 0.244 e. The van der Waals surface area contributed by atoms with Gasteiger partial charge in [0.2, 0.25) is 0 Å². The zero-order valence-electron chi connectivity index (χ0n) is 7.99. The van der Waals surface area contributed by atoms with Gasteiger partial charge in [0.25, 0.3) is 0 Å². The van der Waals surface area contributed by atoms with Gasteiger partial charge in [-0.1, -0.05) is 0 Å². The van der Waals surface area contributed by atoms with E-state index in [1.165, 1.54) is 0 Å². The maximum absolute atomic E-state index is 13.0. The lowest BCUT2D eigenvalue weighted by Gasteiger charge is -2.08. The van der Waals surface area contributed by atoms with Crippen LogP contribution in [0.2, 0.25) is 0 Å². The maximum Gasteiger partial charge on any atom is 0.416 e. The van der Waals surface area contributed by atoms with Crippen molar-refractivity contribution in [2.24, 2.45) is 0 Å². The van der Waals surface area contributed by atoms with Crippen LogP contribution in [-0.2, 0) is 6.18 Å². The topological polar surface area (TPSA) is 63.6 Å². The average molecular weight is 248 g/mol. The number of alkyl halides is 3. The van der Waals surface area contributed by atoms with Crippen LogP contribution in [0.15, 0.2) is 23.0 Å². The molecule has 1 heterocycles. The zero-order chi connectivity index (χ0) is 12.6. The monoisotopic (exact) mass is 248 g/mol. The molecule has 9 heteroatoms. The Hall–Kier alpha value is -2.19. The number of aromatic nitrogens is 4. The van der Waals surface area contributed by atoms with Crippen molar-refractivity contribution in [2.45, 2.75) is 6.18 Å². The molecule has 17 heavy (non-hydrogen) atoms. The molecule has 2 aromatic rings. The van der Waals surface area contributed by atoms with E-state index in [1.807, 2.05) is 5.10 Å². The van der Waals surface area contributed by atoms with Crippen molar-refractivity contribution in [3.63, 3.8) is 0 Å². The number of rotatable bonds is 1. The van der Waals surface area contributed by atoms with Crippen molar-refractivity contribution >= 4 is 0 Å². The molecule has 0 bridgehead atoms. The number of H-pyrrole nitrogens is 1. The van der Waals surface area contributed by atoms with E-state index in [4.69, 9.17) is 0 Å². The van der Waals surface area contributed by atoms with E-state index in [2.05, 4.69) is 10.4 Å². The molecule has 0 saturated carbocycles. The minimum Gasteiger partial charge on any atom is -0.244 e. The first-order valence-electron chi connectivity index (χ1n) is 4.26. The predicted molar refractivity (Wildman–Crippen MR) is 46.9 cm³/mol. The van der Waals surface area contributed by atoms with Gasteiger partial charge in [-0.3, -0.25) is 0 Å². The van der Waals surface area contributed by atoms with Gasteiger partial charge in [-0.05, 0) is 28.6 Å². The third-order valence-electron chi connectivity index (χ3n) is 1.93. The zero-order valence-corrected chi connectivity index (χ0v) is 7.99. The van der Waals surface area contributed by atoms with Crippen LogP contribution in [0.3, 0.4) is 0 Å². The molecule has 0 saturated heterocycles. The Kier molecular flexibility index (Phi) is 2.45. The Labute approximate surface area is 90.7 Å². The highest BCUT2D eigenvalue weighted by Gasteiger charge is 2.31. The minimum atomic E-state index is -4.70. The van der Waals surface area contributed by atoms with Crippen LogP contribution >= 0.6 is 0 Å². The van der Waals surface area contributed by atoms with Gasteiger partial charge in [-0.15, -0.1) is 0 Å². The lowest BCUT2D eigenvalue weighted by Crippen LogP contribution is -2.17. The number of hydrogen-bond donors (Lipinski definition) is 1. The first-order chi connectivity index (χ1) is 7.88. The van der Waals surface area contributed by atoms with Crippen LogP contribution < -0.4 is 5.69 Å². The van der Waals surface area contributed by atoms with Crippen LogP contribution in [0, 0.1) is 5.82 Å². The molecule has 0 radical (unpaired) electrons. The second kappa shape index (κ2) is 3.68. The molecule has 1 aromatic carbocycles. The summed E-state index contributed by atoms with van der Waals surface area (Å²) in [6.45, 7) is 0. The van der Waals surface area contributed by atoms with Gasteiger partial charge in [0, 0.05) is 0 Å². The highest BCUT2D eigenvalue weighted by atomic mass is 19.4. The fraction of sp³-hybridized carbons (Fsp3) is 0.125. The molecule has 90 valence electrons. The first kappa shape index (κ1) is 11.3. The standard InChI is InChI=1S/C8H4F4N4O/c9-5-1-4(8(10,11)12)2-6(3-5)16-7(17)13-14-15-16/h1-3H,(H,13,15,17). The molecule has 5 nitrogen and oxygen atoms in total. The van der Waals surface area contributed by atoms with E-state index in [1.54, 1.807) is 0 Å². The average Bonchev–Trinajstić information content (AvgIpc) is 2.62. The first-order valence-corrected chi connectivity index (χ1v) is 4.26. The Morgan fingerprint density at radius 1 is 1.24 bits per heavy atom. The summed E-state index contributed by atoms with van der Waals surface area (Å²) < 4.78 is 50.7. The van der Waals surface area contributed by atoms with Crippen molar-refractivity contribution < 1.29 is 17.6 Å². The molecule has 0 atom stereocenters. The summed E-state index contributed by atoms with van der Waals surface area (Å²) in [4.78, 5) is 11.1. The number of benzene rings is 1. The van der Waals surface area contributed by atoms with E-state index in [9.17, 15) is 22.4 Å². The molecule has 0 aliphatic carbocycles. The number of nitrogens with zero attached hydrogens (tertiary/aromatic N) is 3. The normalized spacial score (nSPS) is 11.8. The minimum absolute atomic E-state index is 0.328. The summed E-state index contributed by atoms with van der Waals surface area (Å²) in [5.74, 6) is -1.12. The summed E-state index contributed by atoms with van der Waals surface area (Å²) in [5.41, 5.74) is -2.41. The molecule has 2 rings (SSSR count). The van der Waals surface area contributed by atoms with Crippen LogP contribution in [0.5, 0.6) is 0 Å². The van der Waals surface area contributed by atoms with Crippen LogP contribution in [0.1, 0.15) is 5.56 Å². The van der Waals surface area contributed by atoms with Gasteiger partial charge in [-0.25, -0.2) is 14.3 Å². The molecule has 0 aliphatic rings. The maximum atomic E-state index is 13.0. The lowest BCUT2D eigenvalue weighted by atomic mass is 10.2. The second-order valence-corrected chi connectivity index (χ2v) is 3.11. The predicted octanol–water partition coefficient (Wildman–Crippen LogP) is 1.11. The summed E-state index contributed by atoms with van der Waals surface area (Å²) >= 11 is 0. The van der Waals surface area contributed by atoms with Crippen molar-refractivity contribution in [2.75, 3.05) is 0 Å². The number of aromatic amines is 1. The molecular weight excluding hydrogens is 244 g/mol. The molecule has 0 fully saturated rings. The SMILES string of the molecule is O=c1[nH]nnn1-c1cc(F)cc(C(F)(F)F)c1. The molecule has 0 spiro atoms. The highest BCUT2D eigenvalue weighted by molar-refractivity contribution is 5.36. The number of nitrogens with one attached hydrogen (secondary N) is 1. The number of halogens is 4. The van der Waals surface area contributed by atoms with Gasteiger partial charge in [0.15, 0.2) is 0 Å². The van der Waals surface area contributed by atoms with Crippen molar-refractivity contribution in [1.82, 2.24) is 20.2 Å². The van der Waals surface area contributed by atoms with Crippen LogP contribution in [0.4, 0.5) is 17.6 Å². The van der Waals surface area contributed by atoms with Crippen molar-refractivity contribution in [3.8, 4) is 5.69 Å². The van der Waals surface area contributed by atoms with E-state index in [0.29, 0.717) is 16.8 Å². The molecule has 1 aromatic heterocycles. The van der Waals surface area contributed by atoms with Gasteiger partial charge in [0.05, 0.1) is 11.3 Å². The number of hydrogen-bond acceptors (Lipinski definition) is 3. The van der Waals surface area contributed by atoms with Crippen LogP contribution in [-0.4, -0.2) is 20.2 Å². The second-order valence-electron chi connectivity index (χ2n) is 3.11. The quantitative estimate of drug-likeness (QED) is 0.769. The van der Waals surface area contributed by atoms with E-state index >= 15 is 0 Å². The molecule has 1 N–H and O–H groups in total. The number of tetrazole rings is 1. The van der Waals surface area contributed by atoms with Crippen molar-refractivity contribution in [1.29, 1.82) is 0 Å². The Bertz CT molecular complexity index is 600. The molecule has 0 amide bonds. The molecule has 0 unspecified atom stereocenters. The largest absolute Gasteiger partial charge is 0.416 e. The van der Waals surface area contributed by atoms with E-state index < -0.39 is 23.2 Å². The van der Waals surface area contributed by atoms with Gasteiger partial charge >= 0.3 is 11.9 Å². The van der Waals surface area contributed by atoms with Crippen molar-refractivity contribution in [3.05, 3.63) is 40.1 Å². The Morgan fingerprint density at radius 3 is 2.47 bits per heavy atom. The van der Waals surface area contributed by atoms with Gasteiger partial charge in [-0.2, -0.15) is 17.9 Å². The lowest BCUT2D eigenvalue weighted by molar-refractivity contribution is -0.137. The fourth-order valence-electron chi connectivity index (χ4n) is 1.23.